The third-order valence-corrected chi connectivity index (χ3v) is 2.28. The lowest BCUT2D eigenvalue weighted by Crippen LogP contribution is -2.45. The fourth-order valence-corrected chi connectivity index (χ4v) is 1.61. The van der Waals surface area contributed by atoms with Crippen LogP contribution in [0.15, 0.2) is 0 Å². The van der Waals surface area contributed by atoms with Gasteiger partial charge in [0.1, 0.15) is 6.42 Å². The van der Waals surface area contributed by atoms with E-state index in [2.05, 4.69) is 5.32 Å². The topological polar surface area (TPSA) is 55.1 Å². The molecule has 6 heteroatoms. The summed E-state index contributed by atoms with van der Waals surface area (Å²) in [7, 11) is 0. The summed E-state index contributed by atoms with van der Waals surface area (Å²) in [6, 6.07) is -0.489. The first-order chi connectivity index (χ1) is 6.38. The molecule has 1 rings (SSSR count). The van der Waals surface area contributed by atoms with Gasteiger partial charge in [-0.2, -0.15) is 13.2 Å². The van der Waals surface area contributed by atoms with E-state index in [0.29, 0.717) is 6.42 Å². The smallest absolute Gasteiger partial charge is 0.352 e. The molecule has 0 spiro atoms. The lowest BCUT2D eigenvalue weighted by atomic mass is 10.2. The second-order valence-corrected chi connectivity index (χ2v) is 3.56. The van der Waals surface area contributed by atoms with E-state index in [1.54, 1.807) is 0 Å². The minimum absolute atomic E-state index is 0.202. The van der Waals surface area contributed by atoms with E-state index in [9.17, 15) is 18.0 Å². The number of halogens is 3. The molecule has 1 aliphatic rings. The van der Waals surface area contributed by atoms with Gasteiger partial charge in [0.15, 0.2) is 0 Å². The Bertz CT molecular complexity index is 217. The molecule has 1 saturated carbocycles. The molecule has 0 aliphatic heterocycles. The lowest BCUT2D eigenvalue weighted by Gasteiger charge is -2.17. The van der Waals surface area contributed by atoms with E-state index >= 15 is 0 Å². The normalized spacial score (nSPS) is 27.7. The van der Waals surface area contributed by atoms with Crippen molar-refractivity contribution in [3.63, 3.8) is 0 Å². The van der Waals surface area contributed by atoms with Crippen molar-refractivity contribution >= 4 is 5.91 Å². The highest BCUT2D eigenvalue weighted by Gasteiger charge is 2.33. The summed E-state index contributed by atoms with van der Waals surface area (Å²) in [4.78, 5) is 10.9. The highest BCUT2D eigenvalue weighted by Crippen LogP contribution is 2.21. The Morgan fingerprint density at radius 2 is 2.07 bits per heavy atom. The standard InChI is InChI=1S/C8H13F3N2O/c9-8(10,11)4-7(14)13-6-3-1-2-5(6)12/h5-6H,1-4,12H2,(H,13,14). The Morgan fingerprint density at radius 3 is 2.50 bits per heavy atom. The van der Waals surface area contributed by atoms with Gasteiger partial charge in [-0.3, -0.25) is 4.79 Å². The van der Waals surface area contributed by atoms with Crippen molar-refractivity contribution in [1.82, 2.24) is 5.32 Å². The van der Waals surface area contributed by atoms with Crippen LogP contribution < -0.4 is 11.1 Å². The quantitative estimate of drug-likeness (QED) is 0.712. The van der Waals surface area contributed by atoms with Crippen molar-refractivity contribution in [3.05, 3.63) is 0 Å². The maximum Gasteiger partial charge on any atom is 0.397 e. The molecule has 0 aromatic carbocycles. The van der Waals surface area contributed by atoms with Crippen molar-refractivity contribution in [2.45, 2.75) is 43.9 Å². The molecular weight excluding hydrogens is 197 g/mol. The second kappa shape index (κ2) is 4.16. The second-order valence-electron chi connectivity index (χ2n) is 3.56. The minimum atomic E-state index is -4.44. The number of hydrogen-bond donors (Lipinski definition) is 2. The van der Waals surface area contributed by atoms with Crippen molar-refractivity contribution < 1.29 is 18.0 Å². The van der Waals surface area contributed by atoms with Crippen LogP contribution in [0.5, 0.6) is 0 Å². The van der Waals surface area contributed by atoms with Crippen LogP contribution >= 0.6 is 0 Å². The molecule has 1 fully saturated rings. The van der Waals surface area contributed by atoms with Crippen LogP contribution in [0.1, 0.15) is 25.7 Å². The van der Waals surface area contributed by atoms with E-state index in [1.165, 1.54) is 0 Å². The van der Waals surface area contributed by atoms with Gasteiger partial charge in [-0.1, -0.05) is 0 Å². The van der Waals surface area contributed by atoms with Gasteiger partial charge in [0.2, 0.25) is 5.91 Å². The molecule has 0 saturated heterocycles. The predicted molar refractivity (Wildman–Crippen MR) is 44.4 cm³/mol. The van der Waals surface area contributed by atoms with Crippen LogP contribution in [0.3, 0.4) is 0 Å². The molecule has 1 amide bonds. The fourth-order valence-electron chi connectivity index (χ4n) is 1.61. The summed E-state index contributed by atoms with van der Waals surface area (Å²) >= 11 is 0. The molecule has 0 radical (unpaired) electrons. The summed E-state index contributed by atoms with van der Waals surface area (Å²) in [6.07, 6.45) is -3.57. The van der Waals surface area contributed by atoms with Crippen LogP contribution in [0.25, 0.3) is 0 Å². The number of carbonyl (C=O) groups excluding carboxylic acids is 1. The molecule has 2 unspecified atom stereocenters. The molecule has 1 aliphatic carbocycles. The van der Waals surface area contributed by atoms with E-state index < -0.39 is 18.5 Å². The van der Waals surface area contributed by atoms with Crippen LogP contribution in [-0.4, -0.2) is 24.2 Å². The molecular formula is C8H13F3N2O. The largest absolute Gasteiger partial charge is 0.397 e. The minimum Gasteiger partial charge on any atom is -0.352 e. The van der Waals surface area contributed by atoms with E-state index in [4.69, 9.17) is 5.73 Å². The predicted octanol–water partition coefficient (Wildman–Crippen LogP) is 0.935. The third-order valence-electron chi connectivity index (χ3n) is 2.28. The zero-order valence-electron chi connectivity index (χ0n) is 7.60. The first kappa shape index (κ1) is 11.3. The monoisotopic (exact) mass is 210 g/mol. The van der Waals surface area contributed by atoms with E-state index in [0.717, 1.165) is 12.8 Å². The molecule has 0 aromatic rings. The molecule has 3 nitrogen and oxygen atoms in total. The van der Waals surface area contributed by atoms with Crippen molar-refractivity contribution in [1.29, 1.82) is 0 Å². The number of nitrogens with one attached hydrogen (secondary N) is 1. The lowest BCUT2D eigenvalue weighted by molar-refractivity contribution is -0.154. The number of amides is 1. The Labute approximate surface area is 79.8 Å². The van der Waals surface area contributed by atoms with Gasteiger partial charge in [0.25, 0.3) is 0 Å². The number of nitrogens with two attached hydrogens (primary N) is 1. The highest BCUT2D eigenvalue weighted by atomic mass is 19.4. The number of rotatable bonds is 2. The van der Waals surface area contributed by atoms with Gasteiger partial charge in [-0.05, 0) is 19.3 Å². The average molecular weight is 210 g/mol. The van der Waals surface area contributed by atoms with Crippen molar-refractivity contribution in [3.8, 4) is 0 Å². The van der Waals surface area contributed by atoms with Crippen LogP contribution in [0.2, 0.25) is 0 Å². The number of carbonyl (C=O) groups is 1. The van der Waals surface area contributed by atoms with Crippen LogP contribution in [-0.2, 0) is 4.79 Å². The first-order valence-corrected chi connectivity index (χ1v) is 4.50. The average Bonchev–Trinajstić information content (AvgIpc) is 2.32. The van der Waals surface area contributed by atoms with E-state index in [-0.39, 0.29) is 12.1 Å². The maximum atomic E-state index is 11.8. The Kier molecular flexibility index (Phi) is 3.36. The third kappa shape index (κ3) is 3.53. The summed E-state index contributed by atoms with van der Waals surface area (Å²) < 4.78 is 35.4. The van der Waals surface area contributed by atoms with Crippen LogP contribution in [0.4, 0.5) is 13.2 Å². The Balaban J connectivity index is 2.33. The molecule has 0 heterocycles. The van der Waals surface area contributed by atoms with E-state index in [1.807, 2.05) is 0 Å². The zero-order valence-corrected chi connectivity index (χ0v) is 7.60. The summed E-state index contributed by atoms with van der Waals surface area (Å²) in [5.41, 5.74) is 5.60. The van der Waals surface area contributed by atoms with Crippen LogP contribution in [0, 0.1) is 0 Å². The highest BCUT2D eigenvalue weighted by molar-refractivity contribution is 5.77. The molecule has 3 N–H and O–H groups in total. The van der Waals surface area contributed by atoms with Gasteiger partial charge in [-0.25, -0.2) is 0 Å². The number of hydrogen-bond acceptors (Lipinski definition) is 2. The molecule has 0 aromatic heterocycles. The molecule has 0 bridgehead atoms. The fraction of sp³-hybridized carbons (Fsp3) is 0.875. The molecule has 82 valence electrons. The Hall–Kier alpha value is -0.780. The van der Waals surface area contributed by atoms with Crippen molar-refractivity contribution in [2.24, 2.45) is 5.73 Å². The number of alkyl halides is 3. The zero-order chi connectivity index (χ0) is 10.8. The van der Waals surface area contributed by atoms with Gasteiger partial charge in [-0.15, -0.1) is 0 Å². The van der Waals surface area contributed by atoms with Gasteiger partial charge >= 0.3 is 6.18 Å². The van der Waals surface area contributed by atoms with Gasteiger partial charge in [0, 0.05) is 12.1 Å². The first-order valence-electron chi connectivity index (χ1n) is 4.50. The Morgan fingerprint density at radius 1 is 1.43 bits per heavy atom. The van der Waals surface area contributed by atoms with Gasteiger partial charge < -0.3 is 11.1 Å². The molecule has 14 heavy (non-hydrogen) atoms. The molecule has 2 atom stereocenters. The maximum absolute atomic E-state index is 11.8. The SMILES string of the molecule is NC1CCCC1NC(=O)CC(F)(F)F. The summed E-state index contributed by atoms with van der Waals surface area (Å²) in [6.45, 7) is 0. The van der Waals surface area contributed by atoms with Crippen molar-refractivity contribution in [2.75, 3.05) is 0 Å². The summed E-state index contributed by atoms with van der Waals surface area (Å²) in [5.74, 6) is -0.986. The van der Waals surface area contributed by atoms with Gasteiger partial charge in [0.05, 0.1) is 0 Å². The summed E-state index contributed by atoms with van der Waals surface area (Å²) in [5, 5.41) is 2.30.